The van der Waals surface area contributed by atoms with Crippen molar-refractivity contribution >= 4 is 17.9 Å². The van der Waals surface area contributed by atoms with Crippen molar-refractivity contribution in [3.63, 3.8) is 0 Å². The number of benzene rings is 1. The second kappa shape index (κ2) is 8.59. The standard InChI is InChI=1S/C21H27FN4O4/c22-16-3-1-2-14(12-16)6-10-24-13-17-25(21(29)30)11-7-18(27)26(17)19(20(24)28)15-4-8-23-9-5-15/h1-3,12,15,17,19,23H,4-11,13H2,(H,29,30)/t17-,19+/m1/s1. The molecule has 0 radical (unpaired) electrons. The molecular weight excluding hydrogens is 391 g/mol. The van der Waals surface area contributed by atoms with Crippen molar-refractivity contribution in [2.24, 2.45) is 5.92 Å². The summed E-state index contributed by atoms with van der Waals surface area (Å²) in [4.78, 5) is 42.6. The topological polar surface area (TPSA) is 93.2 Å². The van der Waals surface area contributed by atoms with Gasteiger partial charge >= 0.3 is 6.09 Å². The van der Waals surface area contributed by atoms with E-state index in [1.165, 1.54) is 21.9 Å². The summed E-state index contributed by atoms with van der Waals surface area (Å²) in [7, 11) is 0. The molecule has 3 aliphatic rings. The molecule has 0 saturated carbocycles. The fourth-order valence-electron chi connectivity index (χ4n) is 4.90. The highest BCUT2D eigenvalue weighted by Gasteiger charge is 2.51. The Kier molecular flexibility index (Phi) is 5.90. The molecule has 3 saturated heterocycles. The van der Waals surface area contributed by atoms with E-state index >= 15 is 0 Å². The van der Waals surface area contributed by atoms with Crippen LogP contribution >= 0.6 is 0 Å². The molecule has 3 aliphatic heterocycles. The predicted octanol–water partition coefficient (Wildman–Crippen LogP) is 1.12. The molecule has 4 rings (SSSR count). The van der Waals surface area contributed by atoms with Gasteiger partial charge in [-0.2, -0.15) is 0 Å². The Bertz CT molecular complexity index is 829. The van der Waals surface area contributed by atoms with Crippen molar-refractivity contribution in [2.75, 3.05) is 32.7 Å². The van der Waals surface area contributed by atoms with Gasteiger partial charge in [-0.05, 0) is 56.0 Å². The van der Waals surface area contributed by atoms with Crippen LogP contribution in [0.25, 0.3) is 0 Å². The van der Waals surface area contributed by atoms with E-state index in [1.54, 1.807) is 11.0 Å². The number of amides is 3. The van der Waals surface area contributed by atoms with Crippen LogP contribution < -0.4 is 5.32 Å². The summed E-state index contributed by atoms with van der Waals surface area (Å²) in [6.45, 7) is 2.18. The van der Waals surface area contributed by atoms with Crippen LogP contribution in [0.2, 0.25) is 0 Å². The second-order valence-corrected chi connectivity index (χ2v) is 8.20. The minimum absolute atomic E-state index is 0.00378. The van der Waals surface area contributed by atoms with Crippen molar-refractivity contribution in [3.05, 3.63) is 35.6 Å². The summed E-state index contributed by atoms with van der Waals surface area (Å²) in [6.07, 6.45) is 0.335. The first kappa shape index (κ1) is 20.6. The molecule has 1 aromatic carbocycles. The molecule has 162 valence electrons. The first-order valence-corrected chi connectivity index (χ1v) is 10.5. The maximum Gasteiger partial charge on any atom is 0.409 e. The number of hydrogen-bond acceptors (Lipinski definition) is 4. The van der Waals surface area contributed by atoms with E-state index in [0.717, 1.165) is 31.5 Å². The van der Waals surface area contributed by atoms with Crippen LogP contribution in [-0.2, 0) is 16.0 Å². The third-order valence-corrected chi connectivity index (χ3v) is 6.42. The lowest BCUT2D eigenvalue weighted by molar-refractivity contribution is -0.171. The highest BCUT2D eigenvalue weighted by Crippen LogP contribution is 2.32. The number of rotatable bonds is 4. The molecule has 1 aromatic rings. The normalized spacial score (nSPS) is 25.4. The fourth-order valence-corrected chi connectivity index (χ4v) is 4.90. The minimum atomic E-state index is -1.08. The Labute approximate surface area is 174 Å². The van der Waals surface area contributed by atoms with E-state index in [2.05, 4.69) is 5.32 Å². The van der Waals surface area contributed by atoms with E-state index in [4.69, 9.17) is 0 Å². The molecule has 30 heavy (non-hydrogen) atoms. The van der Waals surface area contributed by atoms with Gasteiger partial charge in [-0.3, -0.25) is 14.5 Å². The summed E-state index contributed by atoms with van der Waals surface area (Å²) >= 11 is 0. The van der Waals surface area contributed by atoms with E-state index in [0.29, 0.717) is 13.0 Å². The van der Waals surface area contributed by atoms with Crippen molar-refractivity contribution in [1.29, 1.82) is 0 Å². The van der Waals surface area contributed by atoms with Gasteiger partial charge < -0.3 is 20.2 Å². The highest BCUT2D eigenvalue weighted by molar-refractivity contribution is 5.90. The van der Waals surface area contributed by atoms with Crippen LogP contribution in [0.5, 0.6) is 0 Å². The molecule has 3 amide bonds. The monoisotopic (exact) mass is 418 g/mol. The molecule has 3 heterocycles. The number of fused-ring (bicyclic) bond motifs is 1. The maximum atomic E-state index is 13.5. The van der Waals surface area contributed by atoms with E-state index in [9.17, 15) is 23.9 Å². The van der Waals surface area contributed by atoms with Gasteiger partial charge in [0.2, 0.25) is 11.8 Å². The van der Waals surface area contributed by atoms with Crippen LogP contribution in [0.4, 0.5) is 9.18 Å². The molecule has 2 atom stereocenters. The first-order valence-electron chi connectivity index (χ1n) is 10.5. The molecule has 2 N–H and O–H groups in total. The van der Waals surface area contributed by atoms with Gasteiger partial charge in [0.1, 0.15) is 18.0 Å². The van der Waals surface area contributed by atoms with Gasteiger partial charge in [-0.15, -0.1) is 0 Å². The number of halogens is 1. The number of piperazine rings is 1. The third-order valence-electron chi connectivity index (χ3n) is 6.42. The first-order chi connectivity index (χ1) is 14.5. The molecule has 0 spiro atoms. The zero-order valence-corrected chi connectivity index (χ0v) is 16.8. The molecule has 3 fully saturated rings. The predicted molar refractivity (Wildman–Crippen MR) is 106 cm³/mol. The quantitative estimate of drug-likeness (QED) is 0.764. The van der Waals surface area contributed by atoms with E-state index in [1.807, 2.05) is 6.07 Å². The van der Waals surface area contributed by atoms with Crippen LogP contribution in [0.15, 0.2) is 24.3 Å². The average molecular weight is 418 g/mol. The Morgan fingerprint density at radius 3 is 2.70 bits per heavy atom. The maximum absolute atomic E-state index is 13.5. The molecule has 0 bridgehead atoms. The smallest absolute Gasteiger partial charge is 0.409 e. The minimum Gasteiger partial charge on any atom is -0.465 e. The molecular formula is C21H27FN4O4. The van der Waals surface area contributed by atoms with E-state index < -0.39 is 18.3 Å². The van der Waals surface area contributed by atoms with Crippen LogP contribution in [0, 0.1) is 11.7 Å². The number of carboxylic acid groups (broad SMARTS) is 1. The van der Waals surface area contributed by atoms with Crippen molar-refractivity contribution < 1.29 is 23.9 Å². The summed E-state index contributed by atoms with van der Waals surface area (Å²) in [6, 6.07) is 5.61. The fraction of sp³-hybridized carbons (Fsp3) is 0.571. The van der Waals surface area contributed by atoms with Gasteiger partial charge in [0.05, 0.1) is 6.54 Å². The Morgan fingerprint density at radius 1 is 1.23 bits per heavy atom. The Balaban J connectivity index is 1.60. The van der Waals surface area contributed by atoms with Crippen molar-refractivity contribution in [1.82, 2.24) is 20.0 Å². The molecule has 8 nitrogen and oxygen atoms in total. The number of carbonyl (C=O) groups is 3. The Hall–Kier alpha value is -2.68. The number of nitrogens with zero attached hydrogens (tertiary/aromatic N) is 3. The van der Waals surface area contributed by atoms with Crippen molar-refractivity contribution in [2.45, 2.75) is 37.9 Å². The number of hydrogen-bond donors (Lipinski definition) is 2. The zero-order valence-electron chi connectivity index (χ0n) is 16.8. The lowest BCUT2D eigenvalue weighted by Crippen LogP contribution is -2.72. The van der Waals surface area contributed by atoms with Gasteiger partial charge in [0, 0.05) is 19.5 Å². The molecule has 9 heteroatoms. The van der Waals surface area contributed by atoms with Gasteiger partial charge in [0.15, 0.2) is 0 Å². The van der Waals surface area contributed by atoms with Crippen LogP contribution in [-0.4, -0.2) is 82.6 Å². The van der Waals surface area contributed by atoms with Crippen LogP contribution in [0.1, 0.15) is 24.8 Å². The third kappa shape index (κ3) is 3.98. The number of carbonyl (C=O) groups excluding carboxylic acids is 2. The Morgan fingerprint density at radius 2 is 2.00 bits per heavy atom. The molecule has 0 aliphatic carbocycles. The second-order valence-electron chi connectivity index (χ2n) is 8.20. The molecule has 0 unspecified atom stereocenters. The lowest BCUT2D eigenvalue weighted by atomic mass is 9.85. The average Bonchev–Trinajstić information content (AvgIpc) is 2.73. The zero-order chi connectivity index (χ0) is 21.3. The largest absolute Gasteiger partial charge is 0.465 e. The van der Waals surface area contributed by atoms with Gasteiger partial charge in [-0.25, -0.2) is 9.18 Å². The lowest BCUT2D eigenvalue weighted by Gasteiger charge is -2.53. The van der Waals surface area contributed by atoms with Crippen LogP contribution in [0.3, 0.4) is 0 Å². The summed E-state index contributed by atoms with van der Waals surface area (Å²) in [5.41, 5.74) is 0.776. The van der Waals surface area contributed by atoms with Gasteiger partial charge in [0.25, 0.3) is 0 Å². The van der Waals surface area contributed by atoms with Gasteiger partial charge in [-0.1, -0.05) is 12.1 Å². The summed E-state index contributed by atoms with van der Waals surface area (Å²) < 4.78 is 13.5. The summed E-state index contributed by atoms with van der Waals surface area (Å²) in [5.74, 6) is -0.614. The number of piperidine rings is 1. The van der Waals surface area contributed by atoms with Crippen molar-refractivity contribution in [3.8, 4) is 0 Å². The summed E-state index contributed by atoms with van der Waals surface area (Å²) in [5, 5.41) is 13.0. The van der Waals surface area contributed by atoms with E-state index in [-0.39, 0.29) is 43.1 Å². The SMILES string of the molecule is O=C1[C@H](C2CCNCC2)N2C(=O)CCN(C(=O)O)[C@H]2CN1CCc1cccc(F)c1. The highest BCUT2D eigenvalue weighted by atomic mass is 19.1. The number of nitrogens with one attached hydrogen (secondary N) is 1. The molecule has 0 aromatic heterocycles.